The highest BCUT2D eigenvalue weighted by Gasteiger charge is 2.33. The van der Waals surface area contributed by atoms with Crippen LogP contribution in [0.15, 0.2) is 42.5 Å². The van der Waals surface area contributed by atoms with E-state index < -0.39 is 6.04 Å². The lowest BCUT2D eigenvalue weighted by atomic mass is 9.94. The van der Waals surface area contributed by atoms with Gasteiger partial charge in [-0.3, -0.25) is 9.59 Å². The predicted octanol–water partition coefficient (Wildman–Crippen LogP) is 4.47. The molecule has 184 valence electrons. The number of halogens is 1. The number of ether oxygens (including phenoxy) is 3. The Balaban J connectivity index is 2.02. The molecule has 1 aliphatic rings. The highest BCUT2D eigenvalue weighted by Crippen LogP contribution is 2.33. The van der Waals surface area contributed by atoms with Crippen molar-refractivity contribution >= 4 is 23.4 Å². The third kappa shape index (κ3) is 6.35. The van der Waals surface area contributed by atoms with Crippen LogP contribution in [-0.4, -0.2) is 50.0 Å². The fourth-order valence-corrected chi connectivity index (χ4v) is 4.54. The summed E-state index contributed by atoms with van der Waals surface area (Å²) in [6.45, 7) is 0.194. The van der Waals surface area contributed by atoms with Crippen LogP contribution in [0.25, 0.3) is 0 Å². The zero-order valence-corrected chi connectivity index (χ0v) is 20.8. The molecule has 1 saturated carbocycles. The van der Waals surface area contributed by atoms with Crippen LogP contribution < -0.4 is 19.5 Å². The van der Waals surface area contributed by atoms with Crippen LogP contribution in [-0.2, 0) is 16.1 Å². The van der Waals surface area contributed by atoms with E-state index >= 15 is 0 Å². The van der Waals surface area contributed by atoms with Crippen molar-refractivity contribution in [3.8, 4) is 17.2 Å². The van der Waals surface area contributed by atoms with Gasteiger partial charge in [0.1, 0.15) is 17.7 Å². The first kappa shape index (κ1) is 25.7. The second-order valence-corrected chi connectivity index (χ2v) is 8.63. The third-order valence-electron chi connectivity index (χ3n) is 6.16. The van der Waals surface area contributed by atoms with E-state index in [2.05, 4.69) is 5.32 Å². The van der Waals surface area contributed by atoms with Crippen LogP contribution in [0.1, 0.15) is 49.3 Å². The molecule has 2 aromatic carbocycles. The summed E-state index contributed by atoms with van der Waals surface area (Å²) in [6.07, 6.45) is 5.21. The zero-order chi connectivity index (χ0) is 24.5. The topological polar surface area (TPSA) is 77.1 Å². The van der Waals surface area contributed by atoms with E-state index in [4.69, 9.17) is 25.8 Å². The number of carbonyl (C=O) groups excluding carboxylic acids is 2. The fraction of sp³-hybridized carbons (Fsp3) is 0.462. The Labute approximate surface area is 206 Å². The van der Waals surface area contributed by atoms with Gasteiger partial charge in [-0.05, 0) is 48.2 Å². The standard InChI is InChI=1S/C26H33ClN2O5/c1-32-21-11-7-8-18(14-21)17-29(24(30)16-27)25(26(31)28-20-9-5-4-6-10-20)19-12-13-22(33-2)23(15-19)34-3/h7-8,11-15,20,25H,4-6,9-10,16-17H2,1-3H3,(H,28,31). The molecule has 34 heavy (non-hydrogen) atoms. The number of methoxy groups -OCH3 is 3. The number of hydrogen-bond donors (Lipinski definition) is 1. The molecule has 1 fully saturated rings. The van der Waals surface area contributed by atoms with Crippen LogP contribution in [0, 0.1) is 0 Å². The minimum atomic E-state index is -0.890. The van der Waals surface area contributed by atoms with Crippen molar-refractivity contribution in [1.29, 1.82) is 0 Å². The molecule has 0 radical (unpaired) electrons. The van der Waals surface area contributed by atoms with Gasteiger partial charge in [-0.25, -0.2) is 0 Å². The molecule has 8 heteroatoms. The molecule has 2 aromatic rings. The summed E-state index contributed by atoms with van der Waals surface area (Å²) in [5.74, 6) is 0.870. The molecule has 0 bridgehead atoms. The SMILES string of the molecule is COc1cccc(CN(C(=O)CCl)C(C(=O)NC2CCCCC2)c2ccc(OC)c(OC)c2)c1. The number of nitrogens with zero attached hydrogens (tertiary/aromatic N) is 1. The summed E-state index contributed by atoms with van der Waals surface area (Å²) in [6, 6.07) is 11.9. The number of carbonyl (C=O) groups is 2. The average molecular weight is 489 g/mol. The molecule has 0 aliphatic heterocycles. The van der Waals surface area contributed by atoms with Crippen molar-refractivity contribution in [2.45, 2.75) is 50.7 Å². The summed E-state index contributed by atoms with van der Waals surface area (Å²) >= 11 is 6.01. The normalized spacial score (nSPS) is 14.7. The Kier molecular flexibility index (Phi) is 9.45. The molecular weight excluding hydrogens is 456 g/mol. The van der Waals surface area contributed by atoms with E-state index in [1.807, 2.05) is 24.3 Å². The van der Waals surface area contributed by atoms with Gasteiger partial charge < -0.3 is 24.4 Å². The summed E-state index contributed by atoms with van der Waals surface area (Å²) in [7, 11) is 4.68. The maximum atomic E-state index is 13.7. The molecule has 1 aliphatic carbocycles. The Bertz CT molecular complexity index is 977. The van der Waals surface area contributed by atoms with Gasteiger partial charge >= 0.3 is 0 Å². The molecule has 2 amide bonds. The number of nitrogens with one attached hydrogen (secondary N) is 1. The van der Waals surface area contributed by atoms with Crippen molar-refractivity contribution in [1.82, 2.24) is 10.2 Å². The van der Waals surface area contributed by atoms with Gasteiger partial charge in [-0.1, -0.05) is 37.5 Å². The lowest BCUT2D eigenvalue weighted by molar-refractivity contribution is -0.140. The summed E-state index contributed by atoms with van der Waals surface area (Å²) in [4.78, 5) is 28.3. The lowest BCUT2D eigenvalue weighted by Crippen LogP contribution is -2.47. The van der Waals surface area contributed by atoms with Crippen molar-refractivity contribution in [3.63, 3.8) is 0 Å². The Hall–Kier alpha value is -2.93. The van der Waals surface area contributed by atoms with E-state index in [9.17, 15) is 9.59 Å². The van der Waals surface area contributed by atoms with Gasteiger partial charge in [0.15, 0.2) is 11.5 Å². The van der Waals surface area contributed by atoms with Crippen LogP contribution in [0.2, 0.25) is 0 Å². The lowest BCUT2D eigenvalue weighted by Gasteiger charge is -2.33. The second kappa shape index (κ2) is 12.5. The largest absolute Gasteiger partial charge is 0.497 e. The number of alkyl halides is 1. The number of benzene rings is 2. The highest BCUT2D eigenvalue weighted by molar-refractivity contribution is 6.27. The molecule has 1 N–H and O–H groups in total. The zero-order valence-electron chi connectivity index (χ0n) is 20.0. The molecule has 0 heterocycles. The maximum absolute atomic E-state index is 13.7. The van der Waals surface area contributed by atoms with Crippen molar-refractivity contribution in [2.75, 3.05) is 27.2 Å². The summed E-state index contributed by atoms with van der Waals surface area (Å²) < 4.78 is 16.2. The first-order valence-electron chi connectivity index (χ1n) is 11.5. The summed E-state index contributed by atoms with van der Waals surface area (Å²) in [5.41, 5.74) is 1.45. The second-order valence-electron chi connectivity index (χ2n) is 8.37. The van der Waals surface area contributed by atoms with Gasteiger partial charge in [0.2, 0.25) is 11.8 Å². The smallest absolute Gasteiger partial charge is 0.247 e. The highest BCUT2D eigenvalue weighted by atomic mass is 35.5. The molecule has 1 unspecified atom stereocenters. The Morgan fingerprint density at radius 2 is 1.74 bits per heavy atom. The molecule has 0 spiro atoms. The molecule has 7 nitrogen and oxygen atoms in total. The molecule has 0 saturated heterocycles. The van der Waals surface area contributed by atoms with Crippen LogP contribution in [0.3, 0.4) is 0 Å². The molecule has 0 aromatic heterocycles. The van der Waals surface area contributed by atoms with Gasteiger partial charge in [-0.2, -0.15) is 0 Å². The monoisotopic (exact) mass is 488 g/mol. The van der Waals surface area contributed by atoms with E-state index in [1.165, 1.54) is 18.4 Å². The minimum Gasteiger partial charge on any atom is -0.497 e. The minimum absolute atomic E-state index is 0.0914. The molecule has 3 rings (SSSR count). The Morgan fingerprint density at radius 1 is 1.00 bits per heavy atom. The predicted molar refractivity (Wildman–Crippen MR) is 132 cm³/mol. The van der Waals surface area contributed by atoms with Gasteiger partial charge in [0.05, 0.1) is 21.3 Å². The van der Waals surface area contributed by atoms with Gasteiger partial charge in [-0.15, -0.1) is 11.6 Å². The van der Waals surface area contributed by atoms with E-state index in [0.29, 0.717) is 22.8 Å². The van der Waals surface area contributed by atoms with Gasteiger partial charge in [0, 0.05) is 12.6 Å². The number of hydrogen-bond acceptors (Lipinski definition) is 5. The third-order valence-corrected chi connectivity index (χ3v) is 6.39. The number of rotatable bonds is 10. The van der Waals surface area contributed by atoms with Crippen LogP contribution >= 0.6 is 11.6 Å². The first-order valence-corrected chi connectivity index (χ1v) is 12.0. The summed E-state index contributed by atoms with van der Waals surface area (Å²) in [5, 5.41) is 3.18. The van der Waals surface area contributed by atoms with Crippen LogP contribution in [0.4, 0.5) is 0 Å². The molecule has 1 atom stereocenters. The molecular formula is C26H33ClN2O5. The van der Waals surface area contributed by atoms with Crippen molar-refractivity contribution in [2.24, 2.45) is 0 Å². The van der Waals surface area contributed by atoms with E-state index in [-0.39, 0.29) is 30.3 Å². The van der Waals surface area contributed by atoms with Crippen molar-refractivity contribution in [3.05, 3.63) is 53.6 Å². The first-order chi connectivity index (χ1) is 16.5. The number of amides is 2. The quantitative estimate of drug-likeness (QED) is 0.499. The fourth-order valence-electron chi connectivity index (χ4n) is 4.39. The maximum Gasteiger partial charge on any atom is 0.247 e. The van der Waals surface area contributed by atoms with Gasteiger partial charge in [0.25, 0.3) is 0 Å². The van der Waals surface area contributed by atoms with Crippen molar-refractivity contribution < 1.29 is 23.8 Å². The van der Waals surface area contributed by atoms with E-state index in [0.717, 1.165) is 31.2 Å². The Morgan fingerprint density at radius 3 is 2.38 bits per heavy atom. The average Bonchev–Trinajstić information content (AvgIpc) is 2.88. The van der Waals surface area contributed by atoms with Crippen LogP contribution in [0.5, 0.6) is 17.2 Å². The van der Waals surface area contributed by atoms with E-state index in [1.54, 1.807) is 32.4 Å².